The molecular formula is C13H22O5. The van der Waals surface area contributed by atoms with Crippen LogP contribution in [0.1, 0.15) is 46.0 Å². The van der Waals surface area contributed by atoms with Crippen LogP contribution < -0.4 is 0 Å². The Morgan fingerprint density at radius 2 is 2.00 bits per heavy atom. The summed E-state index contributed by atoms with van der Waals surface area (Å²) in [5.41, 5.74) is 0. The Hall–Kier alpha value is -0.940. The first-order valence-corrected chi connectivity index (χ1v) is 6.55. The largest absolute Gasteiger partial charge is 0.462 e. The lowest BCUT2D eigenvalue weighted by molar-refractivity contribution is -0.142. The average Bonchev–Trinajstić information content (AvgIpc) is 2.64. The maximum absolute atomic E-state index is 11.6. The van der Waals surface area contributed by atoms with Crippen molar-refractivity contribution < 1.29 is 24.5 Å². The molecule has 1 saturated heterocycles. The number of Topliss-reactive ketones (excluding diaryl/α,β-unsaturated/α-hetero) is 1. The van der Waals surface area contributed by atoms with E-state index in [-0.39, 0.29) is 24.4 Å². The van der Waals surface area contributed by atoms with Gasteiger partial charge in [-0.25, -0.2) is 0 Å². The van der Waals surface area contributed by atoms with Crippen LogP contribution in [0.4, 0.5) is 0 Å². The van der Waals surface area contributed by atoms with Gasteiger partial charge in [-0.15, -0.1) is 0 Å². The number of hydrogen-bond donors (Lipinski definition) is 2. The van der Waals surface area contributed by atoms with Gasteiger partial charge in [0.2, 0.25) is 0 Å². The summed E-state index contributed by atoms with van der Waals surface area (Å²) < 4.78 is 5.09. The fourth-order valence-corrected chi connectivity index (χ4v) is 2.17. The molecular weight excluding hydrogens is 236 g/mol. The zero-order valence-corrected chi connectivity index (χ0v) is 11.0. The lowest BCUT2D eigenvalue weighted by Gasteiger charge is -2.17. The number of cyclic esters (lactones) is 1. The Bertz CT molecular complexity index is 302. The third kappa shape index (κ3) is 4.07. The van der Waals surface area contributed by atoms with Crippen LogP contribution in [0.25, 0.3) is 0 Å². The van der Waals surface area contributed by atoms with E-state index in [4.69, 9.17) is 4.74 Å². The number of ether oxygens (including phenoxy) is 1. The van der Waals surface area contributed by atoms with Gasteiger partial charge < -0.3 is 14.9 Å². The van der Waals surface area contributed by atoms with E-state index < -0.39 is 18.0 Å². The molecule has 0 amide bonds. The molecule has 1 rings (SSSR count). The second-order valence-electron chi connectivity index (χ2n) is 5.01. The number of esters is 1. The van der Waals surface area contributed by atoms with Gasteiger partial charge >= 0.3 is 5.97 Å². The van der Waals surface area contributed by atoms with Gasteiger partial charge in [0, 0.05) is 5.92 Å². The second kappa shape index (κ2) is 6.85. The molecule has 0 saturated carbocycles. The molecule has 18 heavy (non-hydrogen) atoms. The lowest BCUT2D eigenvalue weighted by Crippen LogP contribution is -2.33. The van der Waals surface area contributed by atoms with E-state index in [0.29, 0.717) is 25.7 Å². The predicted molar refractivity (Wildman–Crippen MR) is 64.8 cm³/mol. The van der Waals surface area contributed by atoms with E-state index in [1.807, 2.05) is 13.8 Å². The third-order valence-electron chi connectivity index (χ3n) is 3.35. The monoisotopic (exact) mass is 258 g/mol. The van der Waals surface area contributed by atoms with Crippen LogP contribution in [0.15, 0.2) is 0 Å². The van der Waals surface area contributed by atoms with Crippen LogP contribution in [0.5, 0.6) is 0 Å². The first-order chi connectivity index (χ1) is 8.45. The van der Waals surface area contributed by atoms with Crippen molar-refractivity contribution in [3.05, 3.63) is 0 Å². The van der Waals surface area contributed by atoms with Gasteiger partial charge in [-0.2, -0.15) is 0 Å². The van der Waals surface area contributed by atoms with Gasteiger partial charge in [-0.1, -0.05) is 20.3 Å². The minimum atomic E-state index is -1.17. The summed E-state index contributed by atoms with van der Waals surface area (Å²) in [6.45, 7) is 3.78. The second-order valence-corrected chi connectivity index (χ2v) is 5.01. The van der Waals surface area contributed by atoms with Crippen LogP contribution in [0, 0.1) is 5.92 Å². The molecule has 0 aromatic rings. The molecule has 0 bridgehead atoms. The highest BCUT2D eigenvalue weighted by molar-refractivity contribution is 5.86. The Kier molecular flexibility index (Phi) is 5.75. The standard InChI is InChI=1S/C13H22O5/c1-3-4-9(14)13(17)10(15)5-6-11-8(2)7-12(16)18-11/h8-11,14-15H,3-7H2,1-2H3. The summed E-state index contributed by atoms with van der Waals surface area (Å²) in [7, 11) is 0. The summed E-state index contributed by atoms with van der Waals surface area (Å²) in [5.74, 6) is -0.631. The number of hydrogen-bond acceptors (Lipinski definition) is 5. The van der Waals surface area contributed by atoms with E-state index >= 15 is 0 Å². The number of aliphatic hydroxyl groups excluding tert-OH is 2. The maximum Gasteiger partial charge on any atom is 0.306 e. The van der Waals surface area contributed by atoms with Gasteiger partial charge in [-0.05, 0) is 19.3 Å². The van der Waals surface area contributed by atoms with Gasteiger partial charge in [0.05, 0.1) is 6.42 Å². The van der Waals surface area contributed by atoms with Crippen molar-refractivity contribution in [2.75, 3.05) is 0 Å². The molecule has 0 aromatic carbocycles. The Morgan fingerprint density at radius 3 is 2.50 bits per heavy atom. The minimum absolute atomic E-state index is 0.125. The van der Waals surface area contributed by atoms with Crippen LogP contribution in [-0.2, 0) is 14.3 Å². The predicted octanol–water partition coefficient (Wildman–Crippen LogP) is 0.809. The third-order valence-corrected chi connectivity index (χ3v) is 3.35. The number of ketones is 1. The molecule has 1 heterocycles. The van der Waals surface area contributed by atoms with Gasteiger partial charge in [-0.3, -0.25) is 9.59 Å². The molecule has 1 fully saturated rings. The summed E-state index contributed by atoms with van der Waals surface area (Å²) in [5, 5.41) is 19.2. The minimum Gasteiger partial charge on any atom is -0.462 e. The molecule has 2 N–H and O–H groups in total. The molecule has 5 heteroatoms. The van der Waals surface area contributed by atoms with E-state index in [9.17, 15) is 19.8 Å². The van der Waals surface area contributed by atoms with Gasteiger partial charge in [0.15, 0.2) is 5.78 Å². The summed E-state index contributed by atoms with van der Waals surface area (Å²) in [6, 6.07) is 0. The Morgan fingerprint density at radius 1 is 1.39 bits per heavy atom. The smallest absolute Gasteiger partial charge is 0.306 e. The lowest BCUT2D eigenvalue weighted by atomic mass is 9.96. The van der Waals surface area contributed by atoms with E-state index in [1.54, 1.807) is 0 Å². The van der Waals surface area contributed by atoms with Crippen molar-refractivity contribution in [2.45, 2.75) is 64.3 Å². The van der Waals surface area contributed by atoms with Gasteiger partial charge in [0.1, 0.15) is 18.3 Å². The maximum atomic E-state index is 11.6. The SMILES string of the molecule is CCCC(O)C(=O)C(O)CCC1OC(=O)CC1C. The highest BCUT2D eigenvalue weighted by atomic mass is 16.5. The van der Waals surface area contributed by atoms with Gasteiger partial charge in [0.25, 0.3) is 0 Å². The quantitative estimate of drug-likeness (QED) is 0.660. The molecule has 1 aliphatic rings. The molecule has 1 aliphatic heterocycles. The first-order valence-electron chi connectivity index (χ1n) is 6.55. The Labute approximate surface area is 107 Å². The van der Waals surface area contributed by atoms with Crippen molar-refractivity contribution in [2.24, 2.45) is 5.92 Å². The van der Waals surface area contributed by atoms with Crippen LogP contribution >= 0.6 is 0 Å². The van der Waals surface area contributed by atoms with E-state index in [1.165, 1.54) is 0 Å². The molecule has 4 atom stereocenters. The Balaban J connectivity index is 2.34. The number of carbonyl (C=O) groups excluding carboxylic acids is 2. The normalized spacial score (nSPS) is 26.8. The molecule has 0 aliphatic carbocycles. The summed E-state index contributed by atoms with van der Waals surface area (Å²) in [6.07, 6.45) is -0.343. The van der Waals surface area contributed by atoms with Crippen molar-refractivity contribution in [3.8, 4) is 0 Å². The molecule has 4 unspecified atom stereocenters. The van der Waals surface area contributed by atoms with E-state index in [0.717, 1.165) is 0 Å². The van der Waals surface area contributed by atoms with Crippen LogP contribution in [-0.4, -0.2) is 40.3 Å². The molecule has 0 spiro atoms. The zero-order valence-electron chi connectivity index (χ0n) is 11.0. The summed E-state index contributed by atoms with van der Waals surface area (Å²) >= 11 is 0. The van der Waals surface area contributed by atoms with Crippen molar-refractivity contribution in [1.29, 1.82) is 0 Å². The van der Waals surface area contributed by atoms with Crippen LogP contribution in [0.2, 0.25) is 0 Å². The van der Waals surface area contributed by atoms with E-state index in [2.05, 4.69) is 0 Å². The molecule has 0 radical (unpaired) electrons. The topological polar surface area (TPSA) is 83.8 Å². The fraction of sp³-hybridized carbons (Fsp3) is 0.846. The summed E-state index contributed by atoms with van der Waals surface area (Å²) in [4.78, 5) is 22.6. The van der Waals surface area contributed by atoms with Crippen molar-refractivity contribution in [1.82, 2.24) is 0 Å². The zero-order chi connectivity index (χ0) is 13.7. The molecule has 5 nitrogen and oxygen atoms in total. The number of aliphatic hydroxyl groups is 2. The number of carbonyl (C=O) groups is 2. The van der Waals surface area contributed by atoms with Crippen molar-refractivity contribution >= 4 is 11.8 Å². The van der Waals surface area contributed by atoms with Crippen molar-refractivity contribution in [3.63, 3.8) is 0 Å². The van der Waals surface area contributed by atoms with Crippen LogP contribution in [0.3, 0.4) is 0 Å². The fourth-order valence-electron chi connectivity index (χ4n) is 2.17. The average molecular weight is 258 g/mol. The molecule has 104 valence electrons. The molecule has 0 aromatic heterocycles. The first kappa shape index (κ1) is 15.1. The number of rotatable bonds is 7. The highest BCUT2D eigenvalue weighted by Gasteiger charge is 2.32. The highest BCUT2D eigenvalue weighted by Crippen LogP contribution is 2.25.